The Morgan fingerprint density at radius 3 is 2.57 bits per heavy atom. The molecule has 1 N–H and O–H groups in total. The van der Waals surface area contributed by atoms with Crippen molar-refractivity contribution in [1.29, 1.82) is 0 Å². The molecule has 5 heterocycles. The topological polar surface area (TPSA) is 44.3 Å². The zero-order chi connectivity index (χ0) is 21.4. The molecule has 166 valence electrons. The first-order chi connectivity index (χ1) is 14.3. The summed E-state index contributed by atoms with van der Waals surface area (Å²) < 4.78 is 38.2. The Morgan fingerprint density at radius 2 is 1.93 bits per heavy atom. The van der Waals surface area contributed by atoms with Gasteiger partial charge in [0.15, 0.2) is 0 Å². The summed E-state index contributed by atoms with van der Waals surface area (Å²) in [5, 5.41) is 4.08. The molecule has 2 aromatic heterocycles. The second-order valence-electron chi connectivity index (χ2n) is 8.99. The Hall–Kier alpha value is -1.45. The fourth-order valence-electron chi connectivity index (χ4n) is 4.68. The van der Waals surface area contributed by atoms with E-state index in [1.807, 2.05) is 0 Å². The lowest BCUT2D eigenvalue weighted by Crippen LogP contribution is -2.61. The lowest BCUT2D eigenvalue weighted by molar-refractivity contribution is -0.126. The number of nitrogens with one attached hydrogen (secondary N) is 1. The first-order valence-electron chi connectivity index (χ1n) is 10.8. The van der Waals surface area contributed by atoms with E-state index in [4.69, 9.17) is 0 Å². The van der Waals surface area contributed by atoms with Gasteiger partial charge >= 0.3 is 6.18 Å². The van der Waals surface area contributed by atoms with Gasteiger partial charge in [-0.3, -0.25) is 0 Å². The summed E-state index contributed by atoms with van der Waals surface area (Å²) in [5.74, 6) is 1.59. The maximum absolute atomic E-state index is 12.7. The molecule has 9 heteroatoms. The molecule has 0 saturated carbocycles. The van der Waals surface area contributed by atoms with E-state index >= 15 is 0 Å². The molecule has 0 bridgehead atoms. The Bertz CT molecular complexity index is 858. The summed E-state index contributed by atoms with van der Waals surface area (Å²) in [4.78, 5) is 14.4. The van der Waals surface area contributed by atoms with Crippen molar-refractivity contribution in [3.8, 4) is 0 Å². The highest BCUT2D eigenvalue weighted by molar-refractivity contribution is 7.18. The fraction of sp³-hybridized carbons (Fsp3) is 0.714. The molecular formula is C21H30F3N5S. The molecule has 5 rings (SSSR count). The second-order valence-corrected chi connectivity index (χ2v) is 10.1. The van der Waals surface area contributed by atoms with Crippen molar-refractivity contribution in [1.82, 2.24) is 20.2 Å². The van der Waals surface area contributed by atoms with Gasteiger partial charge in [0.05, 0.1) is 11.8 Å². The molecule has 0 radical (unpaired) electrons. The largest absolute Gasteiger partial charge is 0.393 e. The van der Waals surface area contributed by atoms with Gasteiger partial charge in [-0.05, 0) is 18.4 Å². The van der Waals surface area contributed by atoms with E-state index in [1.165, 1.54) is 19.3 Å². The molecule has 3 aliphatic heterocycles. The van der Waals surface area contributed by atoms with Crippen LogP contribution in [0.5, 0.6) is 0 Å². The standard InChI is InChI=1S/C18H22F3N5S.C3H8/c19-18(20,21)4-13-3-14-15(23-11-24-16(14)27-13)26-2-1-17(10-26)8-25(9-17)7-12-5-22-6-12;1-3-2/h3,11-12,22H,1-2,4-10H2;3H2,1-2H3. The number of likely N-dealkylation sites (tertiary alicyclic amines) is 1. The Kier molecular flexibility index (Phi) is 6.23. The third-order valence-corrected chi connectivity index (χ3v) is 7.02. The number of alkyl halides is 3. The van der Waals surface area contributed by atoms with Gasteiger partial charge < -0.3 is 15.1 Å². The number of fused-ring (bicyclic) bond motifs is 1. The van der Waals surface area contributed by atoms with E-state index in [-0.39, 0.29) is 0 Å². The Balaban J connectivity index is 0.000000687. The minimum atomic E-state index is -4.20. The van der Waals surface area contributed by atoms with Gasteiger partial charge in [-0.25, -0.2) is 9.97 Å². The number of halogens is 3. The van der Waals surface area contributed by atoms with Crippen molar-refractivity contribution < 1.29 is 13.2 Å². The van der Waals surface area contributed by atoms with E-state index in [9.17, 15) is 13.2 Å². The Labute approximate surface area is 179 Å². The molecule has 3 aliphatic rings. The van der Waals surface area contributed by atoms with Crippen LogP contribution in [0.2, 0.25) is 0 Å². The number of thiophene rings is 1. The van der Waals surface area contributed by atoms with Gasteiger partial charge in [0.2, 0.25) is 0 Å². The van der Waals surface area contributed by atoms with Gasteiger partial charge in [0.25, 0.3) is 0 Å². The summed E-state index contributed by atoms with van der Waals surface area (Å²) in [5.41, 5.74) is 0.319. The van der Waals surface area contributed by atoms with E-state index in [0.717, 1.165) is 74.1 Å². The van der Waals surface area contributed by atoms with Crippen LogP contribution in [0.25, 0.3) is 10.2 Å². The van der Waals surface area contributed by atoms with Crippen LogP contribution in [-0.4, -0.2) is 66.9 Å². The van der Waals surface area contributed by atoms with Gasteiger partial charge in [0.1, 0.15) is 17.0 Å². The van der Waals surface area contributed by atoms with Gasteiger partial charge in [-0.2, -0.15) is 13.2 Å². The number of hydrogen-bond acceptors (Lipinski definition) is 6. The number of anilines is 1. The zero-order valence-corrected chi connectivity index (χ0v) is 18.5. The normalized spacial score (nSPS) is 21.4. The van der Waals surface area contributed by atoms with Gasteiger partial charge in [-0.1, -0.05) is 20.3 Å². The summed E-state index contributed by atoms with van der Waals surface area (Å²) in [6.07, 6.45) is -1.25. The van der Waals surface area contributed by atoms with Crippen LogP contribution in [0, 0.1) is 11.3 Å². The molecular weight excluding hydrogens is 411 g/mol. The number of rotatable bonds is 4. The maximum atomic E-state index is 12.7. The molecule has 5 nitrogen and oxygen atoms in total. The van der Waals surface area contributed by atoms with Gasteiger partial charge in [-0.15, -0.1) is 11.3 Å². The van der Waals surface area contributed by atoms with Gasteiger partial charge in [0, 0.05) is 56.1 Å². The van der Waals surface area contributed by atoms with Crippen LogP contribution in [0.1, 0.15) is 31.6 Å². The van der Waals surface area contributed by atoms with Crippen molar-refractivity contribution in [2.75, 3.05) is 50.7 Å². The molecule has 3 fully saturated rings. The highest BCUT2D eigenvalue weighted by Crippen LogP contribution is 2.43. The van der Waals surface area contributed by atoms with Crippen LogP contribution in [0.3, 0.4) is 0 Å². The van der Waals surface area contributed by atoms with E-state index in [2.05, 4.69) is 38.9 Å². The maximum Gasteiger partial charge on any atom is 0.393 e. The quantitative estimate of drug-likeness (QED) is 0.779. The molecule has 2 aromatic rings. The molecule has 0 atom stereocenters. The summed E-state index contributed by atoms with van der Waals surface area (Å²) in [6, 6.07) is 1.63. The summed E-state index contributed by atoms with van der Waals surface area (Å²) >= 11 is 1.12. The lowest BCUT2D eigenvalue weighted by atomic mass is 9.78. The molecule has 1 spiro atoms. The highest BCUT2D eigenvalue weighted by atomic mass is 32.1. The Morgan fingerprint density at radius 1 is 1.20 bits per heavy atom. The monoisotopic (exact) mass is 441 g/mol. The lowest BCUT2D eigenvalue weighted by Gasteiger charge is -2.50. The van der Waals surface area contributed by atoms with Crippen LogP contribution in [-0.2, 0) is 6.42 Å². The molecule has 0 unspecified atom stereocenters. The highest BCUT2D eigenvalue weighted by Gasteiger charge is 2.48. The van der Waals surface area contributed by atoms with Crippen molar-refractivity contribution in [2.45, 2.75) is 39.3 Å². The molecule has 3 saturated heterocycles. The predicted molar refractivity (Wildman–Crippen MR) is 115 cm³/mol. The molecule has 0 amide bonds. The van der Waals surface area contributed by atoms with Crippen LogP contribution < -0.4 is 10.2 Å². The van der Waals surface area contributed by atoms with Crippen molar-refractivity contribution in [2.24, 2.45) is 11.3 Å². The van der Waals surface area contributed by atoms with E-state index in [0.29, 0.717) is 15.1 Å². The third-order valence-electron chi connectivity index (χ3n) is 5.97. The minimum absolute atomic E-state index is 0.303. The average molecular weight is 442 g/mol. The minimum Gasteiger partial charge on any atom is -0.355 e. The predicted octanol–water partition coefficient (Wildman–Crippen LogP) is 3.94. The SMILES string of the molecule is CCC.FC(F)(F)Cc1cc2c(N3CCC4(CN(CC5CNC5)C4)C3)ncnc2s1. The van der Waals surface area contributed by atoms with Crippen molar-refractivity contribution in [3.63, 3.8) is 0 Å². The number of aromatic nitrogens is 2. The fourth-order valence-corrected chi connectivity index (χ4v) is 5.70. The number of hydrogen-bond donors (Lipinski definition) is 1. The van der Waals surface area contributed by atoms with Crippen LogP contribution >= 0.6 is 11.3 Å². The smallest absolute Gasteiger partial charge is 0.355 e. The van der Waals surface area contributed by atoms with Crippen molar-refractivity contribution in [3.05, 3.63) is 17.3 Å². The summed E-state index contributed by atoms with van der Waals surface area (Å²) in [7, 11) is 0. The number of nitrogens with zero attached hydrogens (tertiary/aromatic N) is 4. The second kappa shape index (κ2) is 8.59. The van der Waals surface area contributed by atoms with Crippen LogP contribution in [0.4, 0.5) is 19.0 Å². The molecule has 0 aliphatic carbocycles. The van der Waals surface area contributed by atoms with E-state index in [1.54, 1.807) is 6.07 Å². The first-order valence-corrected chi connectivity index (χ1v) is 11.6. The average Bonchev–Trinajstić information content (AvgIpc) is 3.20. The molecule has 30 heavy (non-hydrogen) atoms. The van der Waals surface area contributed by atoms with E-state index < -0.39 is 12.6 Å². The van der Waals surface area contributed by atoms with Crippen LogP contribution in [0.15, 0.2) is 12.4 Å². The zero-order valence-electron chi connectivity index (χ0n) is 17.6. The summed E-state index contributed by atoms with van der Waals surface area (Å²) in [6.45, 7) is 11.8. The third kappa shape index (κ3) is 4.73. The van der Waals surface area contributed by atoms with Crippen molar-refractivity contribution >= 4 is 27.4 Å². The molecule has 0 aromatic carbocycles. The first kappa shape index (κ1) is 21.8.